The Morgan fingerprint density at radius 1 is 0.838 bits per heavy atom. The molecule has 0 amide bonds. The first-order valence-electron chi connectivity index (χ1n) is 13.1. The van der Waals surface area contributed by atoms with Crippen LogP contribution in [0.2, 0.25) is 0 Å². The normalized spacial score (nSPS) is 16.9. The molecule has 9 heteroatoms. The van der Waals surface area contributed by atoms with Crippen molar-refractivity contribution in [3.05, 3.63) is 71.9 Å². The molecule has 0 spiro atoms. The first-order chi connectivity index (χ1) is 18.2. The first kappa shape index (κ1) is 23.7. The number of hydrogen-bond acceptors (Lipinski definition) is 7. The molecule has 0 radical (unpaired) electrons. The van der Waals surface area contributed by atoms with Crippen LogP contribution in [-0.4, -0.2) is 75.1 Å². The number of pyridine rings is 2. The molecule has 0 aliphatic carbocycles. The first-order valence-corrected chi connectivity index (χ1v) is 13.1. The number of nitrogens with one attached hydrogen (secondary N) is 4. The molecule has 2 aliphatic heterocycles. The second kappa shape index (κ2) is 10.8. The van der Waals surface area contributed by atoms with E-state index in [1.54, 1.807) is 6.20 Å². The summed E-state index contributed by atoms with van der Waals surface area (Å²) in [4.78, 5) is 13.8. The summed E-state index contributed by atoms with van der Waals surface area (Å²) in [6.45, 7) is 8.23. The SMILES string of the molecule is N=C(Nc1cncc(CN2CCNCC2)c1)c1n[nH]c2ccc(-c3cncc(CN4CCCC4)c3)cc12. The average Bonchev–Trinajstić information content (AvgIpc) is 3.59. The molecule has 9 nitrogen and oxygen atoms in total. The number of aromatic nitrogens is 4. The van der Waals surface area contributed by atoms with E-state index < -0.39 is 0 Å². The van der Waals surface area contributed by atoms with Crippen LogP contribution in [0.3, 0.4) is 0 Å². The van der Waals surface area contributed by atoms with Crippen molar-refractivity contribution in [2.75, 3.05) is 44.6 Å². The van der Waals surface area contributed by atoms with Crippen LogP contribution in [0.15, 0.2) is 55.1 Å². The largest absolute Gasteiger partial charge is 0.338 e. The van der Waals surface area contributed by atoms with Gasteiger partial charge in [-0.05, 0) is 66.9 Å². The van der Waals surface area contributed by atoms with Crippen LogP contribution in [-0.2, 0) is 13.1 Å². The van der Waals surface area contributed by atoms with E-state index in [0.717, 1.165) is 85.6 Å². The minimum atomic E-state index is 0.241. The van der Waals surface area contributed by atoms with Crippen molar-refractivity contribution in [1.29, 1.82) is 5.41 Å². The zero-order valence-electron chi connectivity index (χ0n) is 21.0. The standard InChI is InChI=1S/C28H33N9/c29-28(33-24-12-21(15-32-17-24)19-37-9-5-30-6-10-37)27-25-13-22(3-4-26(25)34-35-27)23-11-20(14-31-16-23)18-36-7-1-2-8-36/h3-4,11-17,30H,1-2,5-10,18-19H2,(H2,29,33)(H,34,35). The quantitative estimate of drug-likeness (QED) is 0.230. The highest BCUT2D eigenvalue weighted by atomic mass is 15.2. The summed E-state index contributed by atoms with van der Waals surface area (Å²) < 4.78 is 0. The van der Waals surface area contributed by atoms with Crippen LogP contribution >= 0.6 is 0 Å². The number of nitrogens with zero attached hydrogens (tertiary/aromatic N) is 5. The van der Waals surface area contributed by atoms with Gasteiger partial charge in [-0.15, -0.1) is 0 Å². The Labute approximate surface area is 216 Å². The van der Waals surface area contributed by atoms with Gasteiger partial charge >= 0.3 is 0 Å². The van der Waals surface area contributed by atoms with Crippen LogP contribution in [0.1, 0.15) is 29.7 Å². The van der Waals surface area contributed by atoms with Crippen LogP contribution in [0, 0.1) is 5.41 Å². The van der Waals surface area contributed by atoms with Gasteiger partial charge in [-0.3, -0.25) is 30.3 Å². The number of hydrogen-bond donors (Lipinski definition) is 4. The zero-order valence-corrected chi connectivity index (χ0v) is 21.0. The minimum absolute atomic E-state index is 0.241. The molecule has 2 saturated heterocycles. The number of rotatable bonds is 7. The van der Waals surface area contributed by atoms with Gasteiger partial charge in [0.15, 0.2) is 5.84 Å². The zero-order chi connectivity index (χ0) is 25.0. The topological polar surface area (TPSA) is 109 Å². The Bertz CT molecular complexity index is 1380. The molecule has 2 aliphatic rings. The van der Waals surface area contributed by atoms with E-state index in [9.17, 15) is 0 Å². The molecule has 3 aromatic heterocycles. The third-order valence-corrected chi connectivity index (χ3v) is 7.21. The molecule has 0 saturated carbocycles. The summed E-state index contributed by atoms with van der Waals surface area (Å²) in [6, 6.07) is 10.5. The number of aromatic amines is 1. The molecule has 37 heavy (non-hydrogen) atoms. The average molecular weight is 496 g/mol. The lowest BCUT2D eigenvalue weighted by Gasteiger charge is -2.27. The molecule has 4 aromatic rings. The van der Waals surface area contributed by atoms with Gasteiger partial charge in [0.25, 0.3) is 0 Å². The predicted octanol–water partition coefficient (Wildman–Crippen LogP) is 3.46. The third kappa shape index (κ3) is 5.53. The summed E-state index contributed by atoms with van der Waals surface area (Å²) >= 11 is 0. The molecule has 0 bridgehead atoms. The van der Waals surface area contributed by atoms with E-state index in [1.165, 1.54) is 18.4 Å². The summed E-state index contributed by atoms with van der Waals surface area (Å²) in [5.41, 5.74) is 6.80. The van der Waals surface area contributed by atoms with Gasteiger partial charge in [-0.25, -0.2) is 0 Å². The van der Waals surface area contributed by atoms with Gasteiger partial charge < -0.3 is 10.6 Å². The van der Waals surface area contributed by atoms with Gasteiger partial charge in [0.2, 0.25) is 0 Å². The van der Waals surface area contributed by atoms with Crippen molar-refractivity contribution in [3.8, 4) is 11.1 Å². The molecule has 5 heterocycles. The van der Waals surface area contributed by atoms with Crippen molar-refractivity contribution in [2.24, 2.45) is 0 Å². The van der Waals surface area contributed by atoms with E-state index in [-0.39, 0.29) is 5.84 Å². The monoisotopic (exact) mass is 495 g/mol. The predicted molar refractivity (Wildman–Crippen MR) is 147 cm³/mol. The van der Waals surface area contributed by atoms with Crippen LogP contribution in [0.5, 0.6) is 0 Å². The molecule has 190 valence electrons. The number of likely N-dealkylation sites (tertiary alicyclic amines) is 1. The second-order valence-electron chi connectivity index (χ2n) is 10.0. The molecule has 0 atom stereocenters. The van der Waals surface area contributed by atoms with Crippen LogP contribution in [0.4, 0.5) is 5.69 Å². The highest BCUT2D eigenvalue weighted by Crippen LogP contribution is 2.27. The van der Waals surface area contributed by atoms with E-state index in [4.69, 9.17) is 5.41 Å². The van der Waals surface area contributed by atoms with E-state index in [1.807, 2.05) is 24.7 Å². The number of piperazine rings is 1. The maximum Gasteiger partial charge on any atom is 0.151 e. The smallest absolute Gasteiger partial charge is 0.151 e. The fraction of sp³-hybridized carbons (Fsp3) is 0.357. The molecule has 0 unspecified atom stereocenters. The summed E-state index contributed by atoms with van der Waals surface area (Å²) in [5.74, 6) is 0.241. The fourth-order valence-electron chi connectivity index (χ4n) is 5.29. The number of benzene rings is 1. The minimum Gasteiger partial charge on any atom is -0.338 e. The summed E-state index contributed by atoms with van der Waals surface area (Å²) in [6.07, 6.45) is 10.1. The Kier molecular flexibility index (Phi) is 6.90. The third-order valence-electron chi connectivity index (χ3n) is 7.21. The van der Waals surface area contributed by atoms with Gasteiger partial charge in [-0.2, -0.15) is 5.10 Å². The van der Waals surface area contributed by atoms with E-state index in [0.29, 0.717) is 5.69 Å². The van der Waals surface area contributed by atoms with Crippen molar-refractivity contribution in [1.82, 2.24) is 35.3 Å². The van der Waals surface area contributed by atoms with Crippen LogP contribution < -0.4 is 10.6 Å². The maximum atomic E-state index is 8.77. The van der Waals surface area contributed by atoms with E-state index >= 15 is 0 Å². The molecular weight excluding hydrogens is 462 g/mol. The van der Waals surface area contributed by atoms with Crippen molar-refractivity contribution in [2.45, 2.75) is 25.9 Å². The molecule has 2 fully saturated rings. The van der Waals surface area contributed by atoms with Crippen molar-refractivity contribution < 1.29 is 0 Å². The van der Waals surface area contributed by atoms with Gasteiger partial charge in [0.1, 0.15) is 5.69 Å². The van der Waals surface area contributed by atoms with Gasteiger partial charge in [0, 0.05) is 68.8 Å². The lowest BCUT2D eigenvalue weighted by atomic mass is 10.0. The second-order valence-corrected chi connectivity index (χ2v) is 10.0. The maximum absolute atomic E-state index is 8.77. The summed E-state index contributed by atoms with van der Waals surface area (Å²) in [7, 11) is 0. The molecule has 1 aromatic carbocycles. The Balaban J connectivity index is 1.20. The number of fused-ring (bicyclic) bond motifs is 1. The van der Waals surface area contributed by atoms with Gasteiger partial charge in [-0.1, -0.05) is 6.07 Å². The fourth-order valence-corrected chi connectivity index (χ4v) is 5.29. The van der Waals surface area contributed by atoms with Crippen LogP contribution in [0.25, 0.3) is 22.0 Å². The lowest BCUT2D eigenvalue weighted by Crippen LogP contribution is -2.42. The molecule has 4 N–H and O–H groups in total. The Morgan fingerprint density at radius 3 is 2.38 bits per heavy atom. The number of H-pyrrole nitrogens is 1. The Morgan fingerprint density at radius 2 is 1.57 bits per heavy atom. The lowest BCUT2D eigenvalue weighted by molar-refractivity contribution is 0.233. The molecule has 6 rings (SSSR count). The highest BCUT2D eigenvalue weighted by Gasteiger charge is 2.16. The highest BCUT2D eigenvalue weighted by molar-refractivity contribution is 6.13. The van der Waals surface area contributed by atoms with E-state index in [2.05, 4.69) is 64.9 Å². The number of amidine groups is 1. The summed E-state index contributed by atoms with van der Waals surface area (Å²) in [5, 5.41) is 23.8. The van der Waals surface area contributed by atoms with Crippen molar-refractivity contribution >= 4 is 22.4 Å². The van der Waals surface area contributed by atoms with Gasteiger partial charge in [0.05, 0.1) is 17.4 Å². The Hall–Kier alpha value is -3.66. The number of anilines is 1. The molecular formula is C28H33N9. The van der Waals surface area contributed by atoms with Crippen molar-refractivity contribution in [3.63, 3.8) is 0 Å².